The first kappa shape index (κ1) is 13.1. The van der Waals surface area contributed by atoms with E-state index < -0.39 is 0 Å². The number of aromatic nitrogens is 2. The molecule has 1 aliphatic carbocycles. The van der Waals surface area contributed by atoms with Crippen molar-refractivity contribution in [2.75, 3.05) is 0 Å². The summed E-state index contributed by atoms with van der Waals surface area (Å²) in [5, 5.41) is 7.45. The Morgan fingerprint density at radius 3 is 2.95 bits per heavy atom. The summed E-state index contributed by atoms with van der Waals surface area (Å²) in [6.07, 6.45) is 5.80. The Bertz CT molecular complexity index is 593. The summed E-state index contributed by atoms with van der Waals surface area (Å²) in [5.74, 6) is 0.440. The lowest BCUT2D eigenvalue weighted by Gasteiger charge is -2.07. The van der Waals surface area contributed by atoms with Crippen molar-refractivity contribution in [1.82, 2.24) is 15.1 Å². The van der Waals surface area contributed by atoms with E-state index in [1.807, 2.05) is 13.0 Å². The van der Waals surface area contributed by atoms with Crippen LogP contribution in [0.3, 0.4) is 0 Å². The van der Waals surface area contributed by atoms with Crippen LogP contribution in [0.2, 0.25) is 0 Å². The molecule has 4 nitrogen and oxygen atoms in total. The molecule has 0 bridgehead atoms. The fourth-order valence-corrected chi connectivity index (χ4v) is 1.98. The molecule has 1 fully saturated rings. The van der Waals surface area contributed by atoms with E-state index in [0.29, 0.717) is 18.3 Å². The predicted octanol–water partition coefficient (Wildman–Crippen LogP) is 3.09. The van der Waals surface area contributed by atoms with E-state index in [4.69, 9.17) is 4.74 Å². The minimum Gasteiger partial charge on any atom is -0.451 e. The molecule has 1 aromatic carbocycles. The average Bonchev–Trinajstić information content (AvgIpc) is 3.17. The highest BCUT2D eigenvalue weighted by atomic mass is 19.1. The molecule has 5 heteroatoms. The Morgan fingerprint density at radius 2 is 2.30 bits per heavy atom. The van der Waals surface area contributed by atoms with Crippen molar-refractivity contribution >= 4 is 0 Å². The van der Waals surface area contributed by atoms with Crippen LogP contribution in [0.1, 0.15) is 25.3 Å². The maximum atomic E-state index is 14.0. The summed E-state index contributed by atoms with van der Waals surface area (Å²) in [6.45, 7) is 3.45. The van der Waals surface area contributed by atoms with Gasteiger partial charge in [0, 0.05) is 19.1 Å². The van der Waals surface area contributed by atoms with Crippen LogP contribution >= 0.6 is 0 Å². The minimum absolute atomic E-state index is 0.232. The lowest BCUT2D eigenvalue weighted by Crippen LogP contribution is -2.15. The van der Waals surface area contributed by atoms with E-state index in [2.05, 4.69) is 10.4 Å². The van der Waals surface area contributed by atoms with Gasteiger partial charge in [0.25, 0.3) is 0 Å². The lowest BCUT2D eigenvalue weighted by atomic mass is 10.2. The average molecular weight is 275 g/mol. The van der Waals surface area contributed by atoms with Crippen LogP contribution in [0.15, 0.2) is 30.6 Å². The van der Waals surface area contributed by atoms with Crippen molar-refractivity contribution < 1.29 is 9.13 Å². The highest BCUT2D eigenvalue weighted by Crippen LogP contribution is 2.25. The fraction of sp³-hybridized carbons (Fsp3) is 0.400. The van der Waals surface area contributed by atoms with Gasteiger partial charge in [-0.25, -0.2) is 4.39 Å². The number of rotatable bonds is 6. The van der Waals surface area contributed by atoms with E-state index in [-0.39, 0.29) is 11.6 Å². The summed E-state index contributed by atoms with van der Waals surface area (Å²) < 4.78 is 21.2. The Kier molecular flexibility index (Phi) is 3.69. The molecule has 0 amide bonds. The summed E-state index contributed by atoms with van der Waals surface area (Å²) in [4.78, 5) is 0. The Balaban J connectivity index is 1.66. The quantitative estimate of drug-likeness (QED) is 0.880. The van der Waals surface area contributed by atoms with Crippen molar-refractivity contribution in [2.45, 2.75) is 38.9 Å². The van der Waals surface area contributed by atoms with Crippen molar-refractivity contribution in [1.29, 1.82) is 0 Å². The molecule has 0 radical (unpaired) electrons. The zero-order valence-electron chi connectivity index (χ0n) is 11.5. The van der Waals surface area contributed by atoms with Gasteiger partial charge >= 0.3 is 0 Å². The first-order valence-corrected chi connectivity index (χ1v) is 6.96. The van der Waals surface area contributed by atoms with Crippen molar-refractivity contribution in [3.63, 3.8) is 0 Å². The molecule has 1 N–H and O–H groups in total. The van der Waals surface area contributed by atoms with Gasteiger partial charge in [0.2, 0.25) is 0 Å². The van der Waals surface area contributed by atoms with Gasteiger partial charge in [-0.15, -0.1) is 0 Å². The first-order valence-electron chi connectivity index (χ1n) is 6.96. The zero-order chi connectivity index (χ0) is 13.9. The van der Waals surface area contributed by atoms with Gasteiger partial charge in [0.15, 0.2) is 17.3 Å². The SMILES string of the molecule is CCn1cc(Oc2ccc(CNC3CC3)cc2F)cn1. The highest BCUT2D eigenvalue weighted by Gasteiger charge is 2.20. The fourth-order valence-electron chi connectivity index (χ4n) is 1.98. The number of benzene rings is 1. The van der Waals surface area contributed by atoms with Crippen LogP contribution in [0.4, 0.5) is 4.39 Å². The Morgan fingerprint density at radius 1 is 1.45 bits per heavy atom. The minimum atomic E-state index is -0.343. The molecule has 2 aromatic rings. The van der Waals surface area contributed by atoms with Crippen LogP contribution in [-0.4, -0.2) is 15.8 Å². The van der Waals surface area contributed by atoms with Crippen LogP contribution in [0.25, 0.3) is 0 Å². The number of nitrogens with zero attached hydrogens (tertiary/aromatic N) is 2. The molecule has 0 spiro atoms. The number of hydrogen-bond donors (Lipinski definition) is 1. The second-order valence-corrected chi connectivity index (χ2v) is 5.05. The van der Waals surface area contributed by atoms with Gasteiger partial charge in [-0.2, -0.15) is 5.10 Å². The van der Waals surface area contributed by atoms with E-state index in [1.54, 1.807) is 23.1 Å². The Labute approximate surface area is 117 Å². The van der Waals surface area contributed by atoms with Gasteiger partial charge in [0.05, 0.1) is 12.4 Å². The third-order valence-corrected chi connectivity index (χ3v) is 3.33. The van der Waals surface area contributed by atoms with Gasteiger partial charge in [0.1, 0.15) is 0 Å². The van der Waals surface area contributed by atoms with E-state index in [0.717, 1.165) is 12.1 Å². The topological polar surface area (TPSA) is 39.1 Å². The molecule has 0 atom stereocenters. The van der Waals surface area contributed by atoms with Gasteiger partial charge < -0.3 is 10.1 Å². The van der Waals surface area contributed by atoms with Gasteiger partial charge in [-0.1, -0.05) is 6.07 Å². The number of ether oxygens (including phenoxy) is 1. The maximum absolute atomic E-state index is 14.0. The molecule has 0 saturated heterocycles. The summed E-state index contributed by atoms with van der Waals surface area (Å²) >= 11 is 0. The highest BCUT2D eigenvalue weighted by molar-refractivity contribution is 5.33. The second kappa shape index (κ2) is 5.63. The normalized spacial score (nSPS) is 14.5. The molecule has 1 saturated carbocycles. The molecule has 106 valence electrons. The maximum Gasteiger partial charge on any atom is 0.166 e. The molecule has 1 heterocycles. The molecule has 1 aliphatic rings. The van der Waals surface area contributed by atoms with E-state index in [9.17, 15) is 4.39 Å². The Hall–Kier alpha value is -1.88. The summed E-state index contributed by atoms with van der Waals surface area (Å²) in [6, 6.07) is 5.70. The first-order chi connectivity index (χ1) is 9.74. The molecular formula is C15H18FN3O. The molecule has 1 aromatic heterocycles. The number of halogens is 1. The van der Waals surface area contributed by atoms with Crippen LogP contribution in [-0.2, 0) is 13.1 Å². The standard InChI is InChI=1S/C15H18FN3O/c1-2-19-10-13(9-18-19)20-15-6-3-11(7-14(15)16)8-17-12-4-5-12/h3,6-7,9-10,12,17H,2,4-5,8H2,1H3. The summed E-state index contributed by atoms with van der Waals surface area (Å²) in [5.41, 5.74) is 0.936. The smallest absolute Gasteiger partial charge is 0.166 e. The number of nitrogens with one attached hydrogen (secondary N) is 1. The molecule has 0 aliphatic heterocycles. The largest absolute Gasteiger partial charge is 0.451 e. The monoisotopic (exact) mass is 275 g/mol. The van der Waals surface area contributed by atoms with E-state index >= 15 is 0 Å². The molecule has 0 unspecified atom stereocenters. The molecular weight excluding hydrogens is 257 g/mol. The second-order valence-electron chi connectivity index (χ2n) is 5.05. The van der Waals surface area contributed by atoms with Gasteiger partial charge in [-0.3, -0.25) is 4.68 Å². The van der Waals surface area contributed by atoms with Crippen molar-refractivity contribution in [3.8, 4) is 11.5 Å². The van der Waals surface area contributed by atoms with Crippen LogP contribution < -0.4 is 10.1 Å². The number of hydrogen-bond acceptors (Lipinski definition) is 3. The molecule has 20 heavy (non-hydrogen) atoms. The van der Waals surface area contributed by atoms with Crippen molar-refractivity contribution in [3.05, 3.63) is 42.0 Å². The number of aryl methyl sites for hydroxylation is 1. The van der Waals surface area contributed by atoms with E-state index in [1.165, 1.54) is 18.9 Å². The summed E-state index contributed by atoms with van der Waals surface area (Å²) in [7, 11) is 0. The lowest BCUT2D eigenvalue weighted by molar-refractivity contribution is 0.440. The van der Waals surface area contributed by atoms with Crippen LogP contribution in [0, 0.1) is 5.82 Å². The predicted molar refractivity (Wildman–Crippen MR) is 74.2 cm³/mol. The zero-order valence-corrected chi connectivity index (χ0v) is 11.5. The van der Waals surface area contributed by atoms with Crippen molar-refractivity contribution in [2.24, 2.45) is 0 Å². The third-order valence-electron chi connectivity index (χ3n) is 3.33. The third kappa shape index (κ3) is 3.17. The van der Waals surface area contributed by atoms with Crippen LogP contribution in [0.5, 0.6) is 11.5 Å². The van der Waals surface area contributed by atoms with Gasteiger partial charge in [-0.05, 0) is 37.5 Å². The molecule has 3 rings (SSSR count).